The van der Waals surface area contributed by atoms with Gasteiger partial charge in [0.25, 0.3) is 0 Å². The molecule has 1 saturated heterocycles. The van der Waals surface area contributed by atoms with Gasteiger partial charge in [-0.05, 0) is 18.4 Å². The average molecular weight is 289 g/mol. The lowest BCUT2D eigenvalue weighted by Crippen LogP contribution is -2.49. The molecule has 21 heavy (non-hydrogen) atoms. The molecule has 1 aliphatic heterocycles. The predicted octanol–water partition coefficient (Wildman–Crippen LogP) is 0.642. The van der Waals surface area contributed by atoms with E-state index in [0.29, 0.717) is 19.6 Å². The van der Waals surface area contributed by atoms with E-state index >= 15 is 0 Å². The molecule has 7 nitrogen and oxygen atoms in total. The Morgan fingerprint density at radius 3 is 3.14 bits per heavy atom. The molecule has 3 heterocycles. The van der Waals surface area contributed by atoms with Crippen molar-refractivity contribution in [2.24, 2.45) is 5.92 Å². The molecule has 0 aromatic carbocycles. The van der Waals surface area contributed by atoms with Crippen LogP contribution in [0.4, 0.5) is 4.79 Å². The van der Waals surface area contributed by atoms with Gasteiger partial charge in [-0.2, -0.15) is 5.10 Å². The van der Waals surface area contributed by atoms with Crippen molar-refractivity contribution in [2.75, 3.05) is 13.1 Å². The van der Waals surface area contributed by atoms with E-state index in [1.54, 1.807) is 21.8 Å². The number of piperidine rings is 1. The van der Waals surface area contributed by atoms with Gasteiger partial charge in [-0.25, -0.2) is 14.3 Å². The summed E-state index contributed by atoms with van der Waals surface area (Å²) in [6.45, 7) is 3.45. The Labute approximate surface area is 122 Å². The van der Waals surface area contributed by atoms with E-state index in [-0.39, 0.29) is 11.9 Å². The van der Waals surface area contributed by atoms with Crippen molar-refractivity contribution in [2.45, 2.75) is 26.0 Å². The fraction of sp³-hybridized carbons (Fsp3) is 0.500. The zero-order chi connectivity index (χ0) is 14.8. The quantitative estimate of drug-likeness (QED) is 0.850. The maximum Gasteiger partial charge on any atom is 0.317 e. The second kappa shape index (κ2) is 5.69. The van der Waals surface area contributed by atoms with Crippen LogP contribution in [0.25, 0.3) is 5.65 Å². The number of likely N-dealkylation sites (tertiary alicyclic amines) is 1. The van der Waals surface area contributed by atoms with Crippen molar-refractivity contribution in [1.82, 2.24) is 24.8 Å². The van der Waals surface area contributed by atoms with Crippen molar-refractivity contribution < 1.29 is 9.90 Å². The molecule has 0 spiro atoms. The Balaban J connectivity index is 1.62. The molecule has 2 aromatic rings. The summed E-state index contributed by atoms with van der Waals surface area (Å²) < 4.78 is 1.70. The van der Waals surface area contributed by atoms with E-state index in [4.69, 9.17) is 0 Å². The van der Waals surface area contributed by atoms with E-state index in [1.807, 2.05) is 19.1 Å². The van der Waals surface area contributed by atoms with E-state index in [9.17, 15) is 9.90 Å². The summed E-state index contributed by atoms with van der Waals surface area (Å²) in [6.07, 6.45) is 3.76. The molecule has 0 saturated carbocycles. The van der Waals surface area contributed by atoms with Crippen molar-refractivity contribution in [3.8, 4) is 0 Å². The highest BCUT2D eigenvalue weighted by molar-refractivity contribution is 5.74. The van der Waals surface area contributed by atoms with Crippen LogP contribution in [0.5, 0.6) is 0 Å². The van der Waals surface area contributed by atoms with Crippen molar-refractivity contribution >= 4 is 11.7 Å². The smallest absolute Gasteiger partial charge is 0.317 e. The first-order valence-electron chi connectivity index (χ1n) is 7.13. The van der Waals surface area contributed by atoms with E-state index in [2.05, 4.69) is 15.4 Å². The van der Waals surface area contributed by atoms with Crippen LogP contribution < -0.4 is 5.32 Å². The molecule has 112 valence electrons. The number of carbonyl (C=O) groups is 1. The SMILES string of the molecule is CC1CCN(C(=O)NCc2ccnc3ccnn23)CC1O. The lowest BCUT2D eigenvalue weighted by molar-refractivity contribution is 0.0435. The molecule has 3 rings (SSSR count). The molecular formula is C14H19N5O2. The molecule has 1 fully saturated rings. The zero-order valence-electron chi connectivity index (χ0n) is 11.9. The maximum atomic E-state index is 12.2. The Morgan fingerprint density at radius 1 is 1.48 bits per heavy atom. The molecule has 2 amide bonds. The van der Waals surface area contributed by atoms with Gasteiger partial charge in [0.1, 0.15) is 0 Å². The van der Waals surface area contributed by atoms with Gasteiger partial charge in [0, 0.05) is 25.4 Å². The van der Waals surface area contributed by atoms with Crippen LogP contribution in [0.15, 0.2) is 24.5 Å². The first kappa shape index (κ1) is 13.8. The Morgan fingerprint density at radius 2 is 2.33 bits per heavy atom. The number of aliphatic hydroxyl groups is 1. The summed E-state index contributed by atoms with van der Waals surface area (Å²) >= 11 is 0. The van der Waals surface area contributed by atoms with Crippen molar-refractivity contribution in [3.05, 3.63) is 30.2 Å². The Hall–Kier alpha value is -2.15. The fourth-order valence-corrected chi connectivity index (χ4v) is 2.53. The number of rotatable bonds is 2. The van der Waals surface area contributed by atoms with Gasteiger partial charge in [-0.1, -0.05) is 6.92 Å². The summed E-state index contributed by atoms with van der Waals surface area (Å²) in [5.74, 6) is 0.248. The third-order valence-electron chi connectivity index (χ3n) is 4.00. The highest BCUT2D eigenvalue weighted by atomic mass is 16.3. The Kier molecular flexibility index (Phi) is 3.74. The molecule has 2 unspecified atom stereocenters. The number of aliphatic hydroxyl groups excluding tert-OH is 1. The van der Waals surface area contributed by atoms with Gasteiger partial charge in [0.2, 0.25) is 0 Å². The minimum absolute atomic E-state index is 0.155. The monoisotopic (exact) mass is 289 g/mol. The molecule has 2 aromatic heterocycles. The van der Waals surface area contributed by atoms with Gasteiger partial charge < -0.3 is 15.3 Å². The molecule has 7 heteroatoms. The fourth-order valence-electron chi connectivity index (χ4n) is 2.53. The molecule has 2 atom stereocenters. The van der Waals surface area contributed by atoms with Crippen LogP contribution >= 0.6 is 0 Å². The number of aromatic nitrogens is 3. The van der Waals surface area contributed by atoms with Crippen LogP contribution in [-0.4, -0.2) is 49.8 Å². The molecule has 0 aliphatic carbocycles. The summed E-state index contributed by atoms with van der Waals surface area (Å²) in [5.41, 5.74) is 1.62. The van der Waals surface area contributed by atoms with E-state index in [0.717, 1.165) is 17.8 Å². The van der Waals surface area contributed by atoms with Crippen LogP contribution in [-0.2, 0) is 6.54 Å². The van der Waals surface area contributed by atoms with E-state index in [1.165, 1.54) is 0 Å². The molecule has 0 bridgehead atoms. The largest absolute Gasteiger partial charge is 0.391 e. The standard InChI is InChI=1S/C14H19N5O2/c1-10-4-7-18(9-12(10)20)14(21)16-8-11-2-5-15-13-3-6-17-19(11)13/h2-3,5-6,10,12,20H,4,7-9H2,1H3,(H,16,21). The number of carbonyl (C=O) groups excluding carboxylic acids is 1. The number of nitrogens with zero attached hydrogens (tertiary/aromatic N) is 4. The summed E-state index contributed by atoms with van der Waals surface area (Å²) in [6, 6.07) is 3.49. The minimum atomic E-state index is -0.441. The van der Waals surface area contributed by atoms with Crippen LogP contribution in [0.1, 0.15) is 19.0 Å². The van der Waals surface area contributed by atoms with Crippen molar-refractivity contribution in [3.63, 3.8) is 0 Å². The highest BCUT2D eigenvalue weighted by Crippen LogP contribution is 2.16. The first-order valence-corrected chi connectivity index (χ1v) is 7.13. The van der Waals surface area contributed by atoms with Crippen molar-refractivity contribution in [1.29, 1.82) is 0 Å². The zero-order valence-corrected chi connectivity index (χ0v) is 11.9. The molecule has 0 radical (unpaired) electrons. The number of hydrogen-bond donors (Lipinski definition) is 2. The Bertz CT molecular complexity index is 641. The number of hydrogen-bond acceptors (Lipinski definition) is 4. The summed E-state index contributed by atoms with van der Waals surface area (Å²) in [5, 5.41) is 16.9. The normalized spacial score (nSPS) is 22.5. The molecule has 2 N–H and O–H groups in total. The first-order chi connectivity index (χ1) is 10.1. The van der Waals surface area contributed by atoms with Crippen LogP contribution in [0.3, 0.4) is 0 Å². The lowest BCUT2D eigenvalue weighted by atomic mass is 9.96. The second-order valence-corrected chi connectivity index (χ2v) is 5.48. The second-order valence-electron chi connectivity index (χ2n) is 5.48. The number of amides is 2. The maximum absolute atomic E-state index is 12.2. The molecule has 1 aliphatic rings. The predicted molar refractivity (Wildman–Crippen MR) is 76.6 cm³/mol. The third kappa shape index (κ3) is 2.82. The topological polar surface area (TPSA) is 82.8 Å². The van der Waals surface area contributed by atoms with Gasteiger partial charge >= 0.3 is 6.03 Å². The van der Waals surface area contributed by atoms with Crippen LogP contribution in [0.2, 0.25) is 0 Å². The summed E-state index contributed by atoms with van der Waals surface area (Å²) in [4.78, 5) is 18.0. The number of β-amino-alcohol motifs (C(OH)–C–C–N with tert-alkyl or cyclic N) is 1. The van der Waals surface area contributed by atoms with Crippen LogP contribution in [0, 0.1) is 5.92 Å². The number of nitrogens with one attached hydrogen (secondary N) is 1. The van der Waals surface area contributed by atoms with Gasteiger partial charge in [-0.15, -0.1) is 0 Å². The minimum Gasteiger partial charge on any atom is -0.391 e. The third-order valence-corrected chi connectivity index (χ3v) is 4.00. The number of urea groups is 1. The number of fused-ring (bicyclic) bond motifs is 1. The highest BCUT2D eigenvalue weighted by Gasteiger charge is 2.27. The van der Waals surface area contributed by atoms with E-state index < -0.39 is 6.10 Å². The summed E-state index contributed by atoms with van der Waals surface area (Å²) in [7, 11) is 0. The van der Waals surface area contributed by atoms with Gasteiger partial charge in [0.05, 0.1) is 24.5 Å². The van der Waals surface area contributed by atoms with Gasteiger partial charge in [-0.3, -0.25) is 0 Å². The molecular weight excluding hydrogens is 270 g/mol. The lowest BCUT2D eigenvalue weighted by Gasteiger charge is -2.34. The average Bonchev–Trinajstić information content (AvgIpc) is 2.96. The van der Waals surface area contributed by atoms with Gasteiger partial charge in [0.15, 0.2) is 5.65 Å².